The average Bonchev–Trinajstić information content (AvgIpc) is 3.15. The third-order valence-electron chi connectivity index (χ3n) is 2.84. The summed E-state index contributed by atoms with van der Waals surface area (Å²) in [4.78, 5) is 4.94. The zero-order valence-electron chi connectivity index (χ0n) is 11.2. The molecule has 2 aromatic heterocycles. The molecule has 21 heavy (non-hydrogen) atoms. The van der Waals surface area contributed by atoms with E-state index in [0.29, 0.717) is 0 Å². The Morgan fingerprint density at radius 3 is 2.71 bits per heavy atom. The lowest BCUT2D eigenvalue weighted by molar-refractivity contribution is 0.575. The highest BCUT2D eigenvalue weighted by molar-refractivity contribution is 7.07. The van der Waals surface area contributed by atoms with Gasteiger partial charge in [-0.25, -0.2) is 9.07 Å². The van der Waals surface area contributed by atoms with Crippen LogP contribution in [-0.4, -0.2) is 17.9 Å². The van der Waals surface area contributed by atoms with Gasteiger partial charge in [0.25, 0.3) is 0 Å². The summed E-state index contributed by atoms with van der Waals surface area (Å²) in [6.45, 7) is 0. The molecule has 0 saturated carbocycles. The van der Waals surface area contributed by atoms with Gasteiger partial charge in [-0.15, -0.1) is 11.3 Å². The Kier molecular flexibility index (Phi) is 3.79. The van der Waals surface area contributed by atoms with Crippen LogP contribution >= 0.6 is 11.3 Å². The van der Waals surface area contributed by atoms with Crippen molar-refractivity contribution in [2.45, 2.75) is 0 Å². The molecule has 0 radical (unpaired) electrons. The summed E-state index contributed by atoms with van der Waals surface area (Å²) in [6, 6.07) is 9.83. The van der Waals surface area contributed by atoms with E-state index >= 15 is 0 Å². The molecule has 0 amide bonds. The number of furan rings is 1. The van der Waals surface area contributed by atoms with Crippen molar-refractivity contribution in [3.8, 4) is 11.5 Å². The number of hydrogen-bond donors (Lipinski definition) is 0. The predicted molar refractivity (Wildman–Crippen MR) is 80.9 cm³/mol. The van der Waals surface area contributed by atoms with Crippen molar-refractivity contribution >= 4 is 17.6 Å². The molecule has 3 aromatic rings. The van der Waals surface area contributed by atoms with Gasteiger partial charge >= 0.3 is 0 Å². The van der Waals surface area contributed by atoms with E-state index in [0.717, 1.165) is 21.8 Å². The molecular formula is C15H12FN3OS. The molecule has 4 nitrogen and oxygen atoms in total. The van der Waals surface area contributed by atoms with Crippen LogP contribution in [0, 0.1) is 5.82 Å². The van der Waals surface area contributed by atoms with Gasteiger partial charge in [0.15, 0.2) is 5.76 Å². The Bertz CT molecular complexity index is 813. The van der Waals surface area contributed by atoms with Gasteiger partial charge in [0.1, 0.15) is 11.5 Å². The summed E-state index contributed by atoms with van der Waals surface area (Å²) in [6.07, 6.45) is 3.27. The number of aromatic nitrogens is 1. The summed E-state index contributed by atoms with van der Waals surface area (Å²) < 4.78 is 20.0. The first-order valence-corrected chi connectivity index (χ1v) is 7.13. The maximum atomic E-state index is 12.9. The smallest absolute Gasteiger partial charge is 0.206 e. The van der Waals surface area contributed by atoms with Gasteiger partial charge in [-0.3, -0.25) is 4.99 Å². The van der Waals surface area contributed by atoms with E-state index in [1.54, 1.807) is 36.3 Å². The van der Waals surface area contributed by atoms with Crippen molar-refractivity contribution < 1.29 is 8.81 Å². The quantitative estimate of drug-likeness (QED) is 0.684. The van der Waals surface area contributed by atoms with Crippen molar-refractivity contribution in [2.75, 3.05) is 7.05 Å². The summed E-state index contributed by atoms with van der Waals surface area (Å²) >= 11 is 1.47. The first-order chi connectivity index (χ1) is 10.3. The van der Waals surface area contributed by atoms with E-state index in [9.17, 15) is 4.39 Å². The molecule has 0 atom stereocenters. The van der Waals surface area contributed by atoms with Crippen LogP contribution in [0.5, 0.6) is 0 Å². The Labute approximate surface area is 124 Å². The minimum atomic E-state index is -0.268. The van der Waals surface area contributed by atoms with E-state index in [-0.39, 0.29) is 5.82 Å². The third-order valence-corrected chi connectivity index (χ3v) is 3.75. The third kappa shape index (κ3) is 2.85. The number of rotatable bonds is 3. The summed E-state index contributed by atoms with van der Waals surface area (Å²) in [7, 11) is 1.71. The van der Waals surface area contributed by atoms with E-state index in [1.165, 1.54) is 23.5 Å². The Morgan fingerprint density at radius 1 is 1.24 bits per heavy atom. The average molecular weight is 301 g/mol. The molecule has 0 fully saturated rings. The van der Waals surface area contributed by atoms with Crippen LogP contribution in [0.25, 0.3) is 11.5 Å². The maximum absolute atomic E-state index is 12.9. The molecule has 2 heterocycles. The number of thiazole rings is 1. The van der Waals surface area contributed by atoms with Crippen molar-refractivity contribution in [2.24, 2.45) is 10.1 Å². The zero-order chi connectivity index (χ0) is 14.7. The topological polar surface area (TPSA) is 42.8 Å². The maximum Gasteiger partial charge on any atom is 0.206 e. The highest BCUT2D eigenvalue weighted by atomic mass is 32.1. The summed E-state index contributed by atoms with van der Waals surface area (Å²) in [5.74, 6) is 0.452. The lowest BCUT2D eigenvalue weighted by Gasteiger charge is -2.00. The Morgan fingerprint density at radius 2 is 2.05 bits per heavy atom. The molecule has 0 spiro atoms. The molecule has 0 unspecified atom stereocenters. The van der Waals surface area contributed by atoms with E-state index in [4.69, 9.17) is 4.42 Å². The minimum absolute atomic E-state index is 0.268. The molecule has 0 bridgehead atoms. The highest BCUT2D eigenvalue weighted by Crippen LogP contribution is 2.20. The van der Waals surface area contributed by atoms with Crippen LogP contribution in [0.3, 0.4) is 0 Å². The van der Waals surface area contributed by atoms with Crippen molar-refractivity contribution in [1.82, 2.24) is 4.68 Å². The molecule has 0 aliphatic heterocycles. The first kappa shape index (κ1) is 13.5. The van der Waals surface area contributed by atoms with Gasteiger partial charge < -0.3 is 4.42 Å². The van der Waals surface area contributed by atoms with Crippen LogP contribution in [-0.2, 0) is 0 Å². The first-order valence-electron chi connectivity index (χ1n) is 6.25. The monoisotopic (exact) mass is 301 g/mol. The standard InChI is InChI=1S/C15H12FN3OS/c1-17-15-19(13(10-21-15)14-3-2-8-20-14)18-9-11-4-6-12(16)7-5-11/h2-10H,1H3. The molecule has 1 aromatic carbocycles. The lowest BCUT2D eigenvalue weighted by atomic mass is 10.2. The number of nitrogens with zero attached hydrogens (tertiary/aromatic N) is 3. The molecular weight excluding hydrogens is 289 g/mol. The van der Waals surface area contributed by atoms with Crippen LogP contribution in [0.2, 0.25) is 0 Å². The van der Waals surface area contributed by atoms with Gasteiger partial charge in [0.05, 0.1) is 12.5 Å². The Balaban J connectivity index is 2.01. The molecule has 106 valence electrons. The summed E-state index contributed by atoms with van der Waals surface area (Å²) in [5, 5.41) is 6.35. The SMILES string of the molecule is CN=c1scc(-c2ccco2)n1N=Cc1ccc(F)cc1. The van der Waals surface area contributed by atoms with Crippen LogP contribution in [0.4, 0.5) is 4.39 Å². The second-order valence-electron chi connectivity index (χ2n) is 4.21. The van der Waals surface area contributed by atoms with Crippen LogP contribution in [0.1, 0.15) is 5.56 Å². The number of halogens is 1. The Hall–Kier alpha value is -2.47. The normalized spacial score (nSPS) is 12.4. The van der Waals surface area contributed by atoms with Gasteiger partial charge in [-0.2, -0.15) is 5.10 Å². The van der Waals surface area contributed by atoms with Gasteiger partial charge in [0.2, 0.25) is 4.80 Å². The second kappa shape index (κ2) is 5.88. The largest absolute Gasteiger partial charge is 0.463 e. The van der Waals surface area contributed by atoms with E-state index in [2.05, 4.69) is 10.1 Å². The fourth-order valence-corrected chi connectivity index (χ4v) is 2.61. The molecule has 0 aliphatic carbocycles. The van der Waals surface area contributed by atoms with Gasteiger partial charge in [-0.1, -0.05) is 12.1 Å². The fourth-order valence-electron chi connectivity index (χ4n) is 1.83. The fraction of sp³-hybridized carbons (Fsp3) is 0.0667. The van der Waals surface area contributed by atoms with Crippen LogP contribution in [0.15, 0.2) is 62.6 Å². The molecule has 6 heteroatoms. The second-order valence-corrected chi connectivity index (χ2v) is 5.05. The molecule has 0 aliphatic rings. The number of benzene rings is 1. The van der Waals surface area contributed by atoms with Crippen molar-refractivity contribution in [3.63, 3.8) is 0 Å². The van der Waals surface area contributed by atoms with Gasteiger partial charge in [-0.05, 0) is 29.8 Å². The lowest BCUT2D eigenvalue weighted by Crippen LogP contribution is -2.11. The molecule has 0 N–H and O–H groups in total. The van der Waals surface area contributed by atoms with Crippen molar-refractivity contribution in [3.05, 3.63) is 64.2 Å². The summed E-state index contributed by atoms with van der Waals surface area (Å²) in [5.41, 5.74) is 1.63. The number of hydrogen-bond acceptors (Lipinski definition) is 4. The van der Waals surface area contributed by atoms with E-state index in [1.807, 2.05) is 17.5 Å². The highest BCUT2D eigenvalue weighted by Gasteiger charge is 2.09. The molecule has 0 saturated heterocycles. The minimum Gasteiger partial charge on any atom is -0.463 e. The zero-order valence-corrected chi connectivity index (χ0v) is 12.0. The van der Waals surface area contributed by atoms with Crippen LogP contribution < -0.4 is 4.80 Å². The van der Waals surface area contributed by atoms with Crippen molar-refractivity contribution in [1.29, 1.82) is 0 Å². The van der Waals surface area contributed by atoms with Gasteiger partial charge in [0, 0.05) is 12.4 Å². The molecule has 3 rings (SSSR count). The van der Waals surface area contributed by atoms with E-state index < -0.39 is 0 Å². The predicted octanol–water partition coefficient (Wildman–Crippen LogP) is 3.36.